The van der Waals surface area contributed by atoms with Crippen molar-refractivity contribution in [3.63, 3.8) is 0 Å². The summed E-state index contributed by atoms with van der Waals surface area (Å²) in [6, 6.07) is 6.20. The number of carbonyl (C=O) groups is 1. The van der Waals surface area contributed by atoms with Crippen molar-refractivity contribution in [3.8, 4) is 0 Å². The molecule has 1 amide bonds. The van der Waals surface area contributed by atoms with Crippen LogP contribution in [0.2, 0.25) is 0 Å². The average Bonchev–Trinajstić information content (AvgIpc) is 2.87. The standard InChI is InChI=1S/C20H23N3O2S/c1-12-6-7-16(13(2)8-12)9-22(5)17(24)10-23-11-21-19-18(20(23)25)14(3)15(4)26-19/h6-8,11H,9-10H2,1-5H3. The van der Waals surface area contributed by atoms with E-state index >= 15 is 0 Å². The molecule has 6 heteroatoms. The maximum atomic E-state index is 12.7. The molecule has 0 aliphatic carbocycles. The Labute approximate surface area is 156 Å². The van der Waals surface area contributed by atoms with E-state index in [-0.39, 0.29) is 18.0 Å². The lowest BCUT2D eigenvalue weighted by Crippen LogP contribution is -2.33. The van der Waals surface area contributed by atoms with Crippen molar-refractivity contribution < 1.29 is 4.79 Å². The van der Waals surface area contributed by atoms with E-state index in [4.69, 9.17) is 0 Å². The van der Waals surface area contributed by atoms with Crippen LogP contribution in [0.3, 0.4) is 0 Å². The largest absolute Gasteiger partial charge is 0.340 e. The summed E-state index contributed by atoms with van der Waals surface area (Å²) in [4.78, 5) is 33.2. The normalized spacial score (nSPS) is 11.1. The van der Waals surface area contributed by atoms with E-state index in [9.17, 15) is 9.59 Å². The molecule has 0 bridgehead atoms. The summed E-state index contributed by atoms with van der Waals surface area (Å²) < 4.78 is 1.41. The number of nitrogens with zero attached hydrogens (tertiary/aromatic N) is 3. The molecule has 1 aromatic carbocycles. The van der Waals surface area contributed by atoms with Crippen LogP contribution in [0.15, 0.2) is 29.3 Å². The van der Waals surface area contributed by atoms with E-state index in [0.29, 0.717) is 11.9 Å². The van der Waals surface area contributed by atoms with Gasteiger partial charge in [0.2, 0.25) is 5.91 Å². The molecule has 2 heterocycles. The molecule has 3 rings (SSSR count). The number of aromatic nitrogens is 2. The SMILES string of the molecule is Cc1ccc(CN(C)C(=O)Cn2cnc3sc(C)c(C)c3c2=O)c(C)c1. The van der Waals surface area contributed by atoms with Gasteiger partial charge in [0, 0.05) is 18.5 Å². The quantitative estimate of drug-likeness (QED) is 0.709. The van der Waals surface area contributed by atoms with Crippen molar-refractivity contribution in [3.05, 3.63) is 62.0 Å². The maximum Gasteiger partial charge on any atom is 0.262 e. The zero-order valence-corrected chi connectivity index (χ0v) is 16.6. The van der Waals surface area contributed by atoms with Gasteiger partial charge < -0.3 is 4.90 Å². The average molecular weight is 369 g/mol. The summed E-state index contributed by atoms with van der Waals surface area (Å²) >= 11 is 1.51. The predicted octanol–water partition coefficient (Wildman–Crippen LogP) is 3.35. The molecule has 0 saturated heterocycles. The zero-order valence-electron chi connectivity index (χ0n) is 15.8. The van der Waals surface area contributed by atoms with Crippen LogP contribution in [0.25, 0.3) is 10.2 Å². The molecule has 0 unspecified atom stereocenters. The van der Waals surface area contributed by atoms with E-state index in [1.807, 2.05) is 32.9 Å². The molecule has 0 atom stereocenters. The van der Waals surface area contributed by atoms with E-state index in [2.05, 4.69) is 18.0 Å². The van der Waals surface area contributed by atoms with Gasteiger partial charge in [-0.1, -0.05) is 23.8 Å². The number of aryl methyl sites for hydroxylation is 4. The van der Waals surface area contributed by atoms with Crippen molar-refractivity contribution in [1.29, 1.82) is 0 Å². The van der Waals surface area contributed by atoms with Crippen LogP contribution >= 0.6 is 11.3 Å². The molecule has 0 N–H and O–H groups in total. The highest BCUT2D eigenvalue weighted by molar-refractivity contribution is 7.18. The van der Waals surface area contributed by atoms with Gasteiger partial charge in [-0.15, -0.1) is 11.3 Å². The molecule has 3 aromatic rings. The molecule has 0 aliphatic heterocycles. The lowest BCUT2D eigenvalue weighted by molar-refractivity contribution is -0.131. The Kier molecular flexibility index (Phi) is 4.96. The number of benzene rings is 1. The second-order valence-electron chi connectivity index (χ2n) is 6.82. The van der Waals surface area contributed by atoms with Crippen LogP contribution in [0.4, 0.5) is 0 Å². The molecule has 2 aromatic heterocycles. The predicted molar refractivity (Wildman–Crippen MR) is 106 cm³/mol. The van der Waals surface area contributed by atoms with Gasteiger partial charge in [0.05, 0.1) is 11.7 Å². The molecule has 136 valence electrons. The third kappa shape index (κ3) is 3.42. The molecule has 26 heavy (non-hydrogen) atoms. The van der Waals surface area contributed by atoms with E-state index in [1.165, 1.54) is 27.8 Å². The van der Waals surface area contributed by atoms with Gasteiger partial charge in [-0.2, -0.15) is 0 Å². The van der Waals surface area contributed by atoms with Crippen molar-refractivity contribution in [2.24, 2.45) is 0 Å². The van der Waals surface area contributed by atoms with E-state index in [1.54, 1.807) is 11.9 Å². The minimum absolute atomic E-state index is 0.00246. The third-order valence-electron chi connectivity index (χ3n) is 4.79. The number of fused-ring (bicyclic) bond motifs is 1. The van der Waals surface area contributed by atoms with Gasteiger partial charge in [0.15, 0.2) is 0 Å². The number of carbonyl (C=O) groups excluding carboxylic acids is 1. The highest BCUT2D eigenvalue weighted by Gasteiger charge is 2.16. The highest BCUT2D eigenvalue weighted by atomic mass is 32.1. The lowest BCUT2D eigenvalue weighted by atomic mass is 10.1. The summed E-state index contributed by atoms with van der Waals surface area (Å²) in [5.41, 5.74) is 4.27. The van der Waals surface area contributed by atoms with Gasteiger partial charge in [-0.25, -0.2) is 4.98 Å². The maximum absolute atomic E-state index is 12.7. The highest BCUT2D eigenvalue weighted by Crippen LogP contribution is 2.25. The van der Waals surface area contributed by atoms with Gasteiger partial charge in [0.25, 0.3) is 5.56 Å². The molecule has 0 aliphatic rings. The molecule has 0 fully saturated rings. The van der Waals surface area contributed by atoms with Crippen LogP contribution in [0.1, 0.15) is 27.1 Å². The minimum Gasteiger partial charge on any atom is -0.340 e. The summed E-state index contributed by atoms with van der Waals surface area (Å²) in [6.45, 7) is 8.52. The first-order chi connectivity index (χ1) is 12.3. The van der Waals surface area contributed by atoms with Gasteiger partial charge in [-0.05, 0) is 44.4 Å². The second-order valence-corrected chi connectivity index (χ2v) is 8.02. The van der Waals surface area contributed by atoms with Crippen molar-refractivity contribution in [2.45, 2.75) is 40.8 Å². The number of rotatable bonds is 4. The monoisotopic (exact) mass is 369 g/mol. The van der Waals surface area contributed by atoms with Crippen LogP contribution in [0, 0.1) is 27.7 Å². The summed E-state index contributed by atoms with van der Waals surface area (Å²) in [5.74, 6) is -0.113. The number of thiophene rings is 1. The van der Waals surface area contributed by atoms with Crippen molar-refractivity contribution in [2.75, 3.05) is 7.05 Å². The van der Waals surface area contributed by atoms with Gasteiger partial charge >= 0.3 is 0 Å². The number of hydrogen-bond acceptors (Lipinski definition) is 4. The molecule has 0 saturated carbocycles. The summed E-state index contributed by atoms with van der Waals surface area (Å²) in [6.07, 6.45) is 1.48. The first-order valence-electron chi connectivity index (χ1n) is 8.53. The second kappa shape index (κ2) is 7.03. The fourth-order valence-electron chi connectivity index (χ4n) is 3.02. The molecule has 5 nitrogen and oxygen atoms in total. The van der Waals surface area contributed by atoms with Crippen molar-refractivity contribution in [1.82, 2.24) is 14.5 Å². The number of hydrogen-bond donors (Lipinski definition) is 0. The smallest absolute Gasteiger partial charge is 0.262 e. The van der Waals surface area contributed by atoms with Crippen LogP contribution in [0.5, 0.6) is 0 Å². The van der Waals surface area contributed by atoms with E-state index in [0.717, 1.165) is 26.4 Å². The number of likely N-dealkylation sites (N-methyl/N-ethyl adjacent to an activating group) is 1. The first-order valence-corrected chi connectivity index (χ1v) is 9.35. The first kappa shape index (κ1) is 18.3. The Morgan fingerprint density at radius 2 is 1.96 bits per heavy atom. The molecular weight excluding hydrogens is 346 g/mol. The van der Waals surface area contributed by atoms with E-state index < -0.39 is 0 Å². The fourth-order valence-corrected chi connectivity index (χ4v) is 4.00. The Bertz CT molecular complexity index is 1050. The van der Waals surface area contributed by atoms with Gasteiger partial charge in [-0.3, -0.25) is 14.2 Å². The summed E-state index contributed by atoms with van der Waals surface area (Å²) in [7, 11) is 1.76. The Hall–Kier alpha value is -2.47. The van der Waals surface area contributed by atoms with Crippen LogP contribution in [-0.4, -0.2) is 27.4 Å². The number of amides is 1. The lowest BCUT2D eigenvalue weighted by Gasteiger charge is -2.19. The minimum atomic E-state index is -0.148. The molecular formula is C20H23N3O2S. The topological polar surface area (TPSA) is 55.2 Å². The van der Waals surface area contributed by atoms with Gasteiger partial charge in [0.1, 0.15) is 11.4 Å². The Morgan fingerprint density at radius 1 is 1.23 bits per heavy atom. The van der Waals surface area contributed by atoms with Crippen LogP contribution < -0.4 is 5.56 Å². The third-order valence-corrected chi connectivity index (χ3v) is 5.91. The fraction of sp³-hybridized carbons (Fsp3) is 0.350. The Balaban J connectivity index is 1.81. The molecule has 0 spiro atoms. The molecule has 0 radical (unpaired) electrons. The van der Waals surface area contributed by atoms with Crippen molar-refractivity contribution >= 4 is 27.5 Å². The zero-order chi connectivity index (χ0) is 19.0. The van der Waals surface area contributed by atoms with Crippen LogP contribution in [-0.2, 0) is 17.9 Å². The summed E-state index contributed by atoms with van der Waals surface area (Å²) in [5, 5.41) is 0.625. The Morgan fingerprint density at radius 3 is 2.65 bits per heavy atom.